The predicted octanol–water partition coefficient (Wildman–Crippen LogP) is 1.46. The van der Waals surface area contributed by atoms with Crippen LogP contribution in [0.5, 0.6) is 0 Å². The number of benzene rings is 2. The predicted molar refractivity (Wildman–Crippen MR) is 92.6 cm³/mol. The van der Waals surface area contributed by atoms with E-state index in [0.29, 0.717) is 13.0 Å². The van der Waals surface area contributed by atoms with Crippen LogP contribution in [-0.4, -0.2) is 40.9 Å². The van der Waals surface area contributed by atoms with Gasteiger partial charge >= 0.3 is 5.97 Å². The fraction of sp³-hybridized carbons (Fsp3) is 0.211. The van der Waals surface area contributed by atoms with E-state index in [-0.39, 0.29) is 12.3 Å². The summed E-state index contributed by atoms with van der Waals surface area (Å²) in [7, 11) is 0. The van der Waals surface area contributed by atoms with Crippen molar-refractivity contribution in [2.45, 2.75) is 19.0 Å². The molecule has 6 nitrogen and oxygen atoms in total. The number of amides is 2. The van der Waals surface area contributed by atoms with E-state index in [1.54, 1.807) is 0 Å². The van der Waals surface area contributed by atoms with Gasteiger partial charge in [0.15, 0.2) is 0 Å². The van der Waals surface area contributed by atoms with Crippen molar-refractivity contribution in [3.63, 3.8) is 0 Å². The molecule has 0 radical (unpaired) electrons. The van der Waals surface area contributed by atoms with Crippen molar-refractivity contribution in [2.24, 2.45) is 0 Å². The van der Waals surface area contributed by atoms with Gasteiger partial charge in [-0.3, -0.25) is 14.4 Å². The van der Waals surface area contributed by atoms with E-state index in [1.165, 1.54) is 0 Å². The first kappa shape index (κ1) is 18.2. The summed E-state index contributed by atoms with van der Waals surface area (Å²) in [6.07, 6.45) is 0.650. The van der Waals surface area contributed by atoms with Crippen molar-refractivity contribution in [1.29, 1.82) is 0 Å². The second-order valence-corrected chi connectivity index (χ2v) is 5.58. The van der Waals surface area contributed by atoms with Crippen molar-refractivity contribution >= 4 is 18.3 Å². The van der Waals surface area contributed by atoms with Gasteiger partial charge in [-0.1, -0.05) is 60.7 Å². The topological polar surface area (TPSA) is 86.7 Å². The van der Waals surface area contributed by atoms with Gasteiger partial charge in [-0.15, -0.1) is 0 Å². The number of hydrogen-bond donors (Lipinski definition) is 2. The Kier molecular flexibility index (Phi) is 6.71. The molecule has 0 unspecified atom stereocenters. The Labute approximate surface area is 146 Å². The lowest BCUT2D eigenvalue weighted by atomic mass is 10.0. The van der Waals surface area contributed by atoms with E-state index in [2.05, 4.69) is 5.32 Å². The van der Waals surface area contributed by atoms with Gasteiger partial charge in [0.1, 0.15) is 12.6 Å². The van der Waals surface area contributed by atoms with E-state index < -0.39 is 18.6 Å². The van der Waals surface area contributed by atoms with Gasteiger partial charge in [0.25, 0.3) is 0 Å². The van der Waals surface area contributed by atoms with Gasteiger partial charge in [-0.05, 0) is 11.1 Å². The van der Waals surface area contributed by atoms with Crippen molar-refractivity contribution in [1.82, 2.24) is 10.2 Å². The molecule has 0 spiro atoms. The molecule has 0 heterocycles. The first-order valence-electron chi connectivity index (χ1n) is 7.88. The third-order valence-corrected chi connectivity index (χ3v) is 3.74. The van der Waals surface area contributed by atoms with Gasteiger partial charge in [-0.2, -0.15) is 0 Å². The summed E-state index contributed by atoms with van der Waals surface area (Å²) in [5, 5.41) is 11.8. The van der Waals surface area contributed by atoms with E-state index in [4.69, 9.17) is 5.11 Å². The minimum absolute atomic E-state index is 0.244. The summed E-state index contributed by atoms with van der Waals surface area (Å²) >= 11 is 0. The van der Waals surface area contributed by atoms with Crippen molar-refractivity contribution in [3.8, 4) is 0 Å². The third kappa shape index (κ3) is 5.76. The van der Waals surface area contributed by atoms with Crippen LogP contribution in [0.4, 0.5) is 0 Å². The molecule has 0 saturated heterocycles. The number of carbonyl (C=O) groups excluding carboxylic acids is 2. The summed E-state index contributed by atoms with van der Waals surface area (Å²) in [6.45, 7) is -0.218. The lowest BCUT2D eigenvalue weighted by Gasteiger charge is -2.26. The van der Waals surface area contributed by atoms with Gasteiger partial charge in [0.2, 0.25) is 12.3 Å². The standard InChI is InChI=1S/C19H20N2O4/c22-14-21(13-18(23)24)17(11-15-7-3-1-4-8-15)19(25)20-12-16-9-5-2-6-10-16/h1-10,14,17H,11-13H2,(H,20,25)(H,23,24)/t17-/m1/s1. The lowest BCUT2D eigenvalue weighted by Crippen LogP contribution is -2.49. The molecule has 25 heavy (non-hydrogen) atoms. The fourth-order valence-electron chi connectivity index (χ4n) is 2.48. The highest BCUT2D eigenvalue weighted by Crippen LogP contribution is 2.09. The maximum absolute atomic E-state index is 12.6. The average molecular weight is 340 g/mol. The van der Waals surface area contributed by atoms with E-state index >= 15 is 0 Å². The zero-order valence-electron chi connectivity index (χ0n) is 13.7. The van der Waals surface area contributed by atoms with Crippen LogP contribution in [0, 0.1) is 0 Å². The molecule has 2 N–H and O–H groups in total. The largest absolute Gasteiger partial charge is 0.480 e. The molecule has 0 fully saturated rings. The van der Waals surface area contributed by atoms with Gasteiger partial charge in [0.05, 0.1) is 0 Å². The van der Waals surface area contributed by atoms with Crippen LogP contribution in [0.2, 0.25) is 0 Å². The van der Waals surface area contributed by atoms with Gasteiger partial charge in [-0.25, -0.2) is 0 Å². The molecule has 0 bridgehead atoms. The zero-order chi connectivity index (χ0) is 18.1. The smallest absolute Gasteiger partial charge is 0.323 e. The van der Waals surface area contributed by atoms with Gasteiger partial charge < -0.3 is 15.3 Å². The number of carboxylic acid groups (broad SMARTS) is 1. The van der Waals surface area contributed by atoms with Crippen LogP contribution in [0.1, 0.15) is 11.1 Å². The number of carbonyl (C=O) groups is 3. The van der Waals surface area contributed by atoms with Crippen LogP contribution in [-0.2, 0) is 27.3 Å². The molecule has 1 atom stereocenters. The highest BCUT2D eigenvalue weighted by atomic mass is 16.4. The highest BCUT2D eigenvalue weighted by molar-refractivity contribution is 5.85. The molecule has 0 aliphatic rings. The number of nitrogens with one attached hydrogen (secondary N) is 1. The number of hydrogen-bond acceptors (Lipinski definition) is 3. The first-order chi connectivity index (χ1) is 12.1. The zero-order valence-corrected chi connectivity index (χ0v) is 13.7. The minimum Gasteiger partial charge on any atom is -0.480 e. The quantitative estimate of drug-likeness (QED) is 0.677. The molecule has 6 heteroatoms. The maximum Gasteiger partial charge on any atom is 0.323 e. The SMILES string of the molecule is O=CN(CC(=O)O)[C@H](Cc1ccccc1)C(=O)NCc1ccccc1. The molecular weight excluding hydrogens is 320 g/mol. The maximum atomic E-state index is 12.6. The Morgan fingerprint density at radius 3 is 2.08 bits per heavy atom. The lowest BCUT2D eigenvalue weighted by molar-refractivity contribution is -0.144. The molecule has 0 aliphatic heterocycles. The molecule has 0 aromatic heterocycles. The van der Waals surface area contributed by atoms with E-state index in [1.807, 2.05) is 60.7 Å². The Hall–Kier alpha value is -3.15. The summed E-state index contributed by atoms with van der Waals surface area (Å²) in [4.78, 5) is 35.9. The number of nitrogens with zero attached hydrogens (tertiary/aromatic N) is 1. The number of rotatable bonds is 9. The number of carboxylic acids is 1. The summed E-state index contributed by atoms with van der Waals surface area (Å²) in [6, 6.07) is 17.7. The van der Waals surface area contributed by atoms with E-state index in [0.717, 1.165) is 16.0 Å². The summed E-state index contributed by atoms with van der Waals surface area (Å²) < 4.78 is 0. The third-order valence-electron chi connectivity index (χ3n) is 3.74. The fourth-order valence-corrected chi connectivity index (χ4v) is 2.48. The first-order valence-corrected chi connectivity index (χ1v) is 7.88. The Morgan fingerprint density at radius 1 is 1.00 bits per heavy atom. The van der Waals surface area contributed by atoms with Crippen LogP contribution < -0.4 is 5.32 Å². The van der Waals surface area contributed by atoms with E-state index in [9.17, 15) is 14.4 Å². The highest BCUT2D eigenvalue weighted by Gasteiger charge is 2.26. The van der Waals surface area contributed by atoms with Crippen LogP contribution in [0.3, 0.4) is 0 Å². The molecule has 130 valence electrons. The molecule has 2 rings (SSSR count). The minimum atomic E-state index is -1.17. The molecule has 0 saturated carbocycles. The number of aliphatic carboxylic acids is 1. The second-order valence-electron chi connectivity index (χ2n) is 5.58. The van der Waals surface area contributed by atoms with Crippen molar-refractivity contribution in [2.75, 3.05) is 6.54 Å². The Bertz CT molecular complexity index is 704. The van der Waals surface area contributed by atoms with Crippen LogP contribution in [0.15, 0.2) is 60.7 Å². The molecule has 0 aliphatic carbocycles. The Morgan fingerprint density at radius 2 is 1.56 bits per heavy atom. The Balaban J connectivity index is 2.12. The normalized spacial score (nSPS) is 11.4. The van der Waals surface area contributed by atoms with Crippen LogP contribution >= 0.6 is 0 Å². The van der Waals surface area contributed by atoms with Crippen molar-refractivity contribution in [3.05, 3.63) is 71.8 Å². The summed E-state index contributed by atoms with van der Waals surface area (Å²) in [5.41, 5.74) is 1.77. The van der Waals surface area contributed by atoms with Crippen LogP contribution in [0.25, 0.3) is 0 Å². The second kappa shape index (κ2) is 9.22. The molecule has 2 aromatic carbocycles. The van der Waals surface area contributed by atoms with Gasteiger partial charge in [0, 0.05) is 13.0 Å². The molecule has 2 amide bonds. The monoisotopic (exact) mass is 340 g/mol. The summed E-state index contributed by atoms with van der Waals surface area (Å²) in [5.74, 6) is -1.55. The molecular formula is C19H20N2O4. The molecule has 2 aromatic rings. The average Bonchev–Trinajstić information content (AvgIpc) is 2.64. The van der Waals surface area contributed by atoms with Crippen molar-refractivity contribution < 1.29 is 19.5 Å².